The smallest absolute Gasteiger partial charge is 0.540 e. The molecule has 0 spiro atoms. The molecule has 6 heteroatoms. The summed E-state index contributed by atoms with van der Waals surface area (Å²) in [6.45, 7) is 5.31. The molecule has 112 valence electrons. The number of ether oxygens (including phenoxy) is 1. The third-order valence-electron chi connectivity index (χ3n) is 2.93. The summed E-state index contributed by atoms with van der Waals surface area (Å²) in [5.74, 6) is 0. The van der Waals surface area contributed by atoms with Crippen molar-refractivity contribution in [2.45, 2.75) is 38.8 Å². The van der Waals surface area contributed by atoms with E-state index in [0.29, 0.717) is 6.42 Å². The molecule has 2 aromatic rings. The van der Waals surface area contributed by atoms with Gasteiger partial charge < -0.3 is 19.8 Å². The molecule has 2 rings (SSSR count). The van der Waals surface area contributed by atoms with Crippen molar-refractivity contribution >= 4 is 23.3 Å². The molecule has 0 saturated carbocycles. The second-order valence-electron chi connectivity index (χ2n) is 5.88. The van der Waals surface area contributed by atoms with Crippen LogP contribution in [0.1, 0.15) is 26.3 Å². The van der Waals surface area contributed by atoms with Gasteiger partial charge in [0, 0.05) is 17.1 Å². The fourth-order valence-electron chi connectivity index (χ4n) is 2.09. The molecule has 0 fully saturated rings. The van der Waals surface area contributed by atoms with E-state index in [0.717, 1.165) is 16.5 Å². The Balaban J connectivity index is 0.00000242. The van der Waals surface area contributed by atoms with Crippen molar-refractivity contribution in [3.8, 4) is 0 Å². The van der Waals surface area contributed by atoms with Crippen LogP contribution in [0.4, 0.5) is 4.79 Å². The number of nitrogens with one attached hydrogen (secondary N) is 2. The minimum atomic E-state index is -0.737. The van der Waals surface area contributed by atoms with E-state index in [4.69, 9.17) is 4.74 Å². The number of H-pyrrole nitrogens is 1. The van der Waals surface area contributed by atoms with Crippen LogP contribution in [0.25, 0.3) is 10.9 Å². The summed E-state index contributed by atoms with van der Waals surface area (Å²) in [5.41, 5.74) is 1.35. The Kier molecular flexibility index (Phi) is 6.66. The number of hydrogen-bond acceptors (Lipinski definition) is 3. The van der Waals surface area contributed by atoms with E-state index >= 15 is 0 Å². The molecule has 0 bridgehead atoms. The minimum Gasteiger partial charge on any atom is -0.540 e. The largest absolute Gasteiger partial charge is 1.00 e. The standard InChI is InChI=1S/C16H19N2O3.Na/c1-16(2,3)21-15(20)18-12(10-19)8-11-9-17-14-7-5-4-6-13(11)14;/h4-7,9,12,17H,8H2,1-3H3,(H,18,20);/q-1;+1/t12-;/m0./s1. The number of carbonyl (C=O) groups excluding carboxylic acids is 2. The van der Waals surface area contributed by atoms with Crippen molar-refractivity contribution in [1.82, 2.24) is 10.3 Å². The quantitative estimate of drug-likeness (QED) is 0.603. The van der Waals surface area contributed by atoms with E-state index in [1.165, 1.54) is 0 Å². The first kappa shape index (κ1) is 18.7. The number of hydrogen-bond donors (Lipinski definition) is 2. The van der Waals surface area contributed by atoms with Crippen molar-refractivity contribution in [3.63, 3.8) is 0 Å². The number of amides is 1. The Labute approximate surface area is 152 Å². The van der Waals surface area contributed by atoms with E-state index in [-0.39, 0.29) is 29.6 Å². The fraction of sp³-hybridized carbons (Fsp3) is 0.375. The number of aromatic nitrogens is 1. The van der Waals surface area contributed by atoms with Crippen LogP contribution in [0.3, 0.4) is 0 Å². The maximum Gasteiger partial charge on any atom is 1.00 e. The molecular weight excluding hydrogens is 291 g/mol. The van der Waals surface area contributed by atoms with E-state index < -0.39 is 17.7 Å². The Morgan fingerprint density at radius 2 is 2.05 bits per heavy atom. The first-order valence-corrected chi connectivity index (χ1v) is 6.81. The van der Waals surface area contributed by atoms with E-state index in [2.05, 4.69) is 10.3 Å². The number of para-hydroxylation sites is 1. The average Bonchev–Trinajstić information content (AvgIpc) is 2.79. The molecular formula is C16H19N2NaO3. The second-order valence-corrected chi connectivity index (χ2v) is 5.88. The molecule has 0 aliphatic carbocycles. The summed E-state index contributed by atoms with van der Waals surface area (Å²) in [5, 5.41) is 3.56. The summed E-state index contributed by atoms with van der Waals surface area (Å²) >= 11 is 0. The number of carbonyl (C=O) groups is 1. The van der Waals surface area contributed by atoms with Crippen LogP contribution in [-0.4, -0.2) is 29.0 Å². The van der Waals surface area contributed by atoms with Crippen LogP contribution < -0.4 is 34.9 Å². The zero-order valence-corrected chi connectivity index (χ0v) is 15.4. The first-order valence-electron chi connectivity index (χ1n) is 6.81. The molecule has 1 heterocycles. The average molecular weight is 310 g/mol. The van der Waals surface area contributed by atoms with Gasteiger partial charge in [-0.15, -0.1) is 0 Å². The zero-order chi connectivity index (χ0) is 15.5. The summed E-state index contributed by atoms with van der Waals surface area (Å²) < 4.78 is 5.14. The number of rotatable bonds is 4. The van der Waals surface area contributed by atoms with Crippen LogP contribution in [0.5, 0.6) is 0 Å². The zero-order valence-electron chi connectivity index (χ0n) is 13.4. The Hall–Kier alpha value is -1.30. The third kappa shape index (κ3) is 5.16. The van der Waals surface area contributed by atoms with Crippen LogP contribution in [0.2, 0.25) is 0 Å². The molecule has 2 N–H and O–H groups in total. The van der Waals surface area contributed by atoms with E-state index in [1.54, 1.807) is 20.8 Å². The van der Waals surface area contributed by atoms with Crippen LogP contribution in [0, 0.1) is 0 Å². The predicted octanol–water partition coefficient (Wildman–Crippen LogP) is -0.283. The van der Waals surface area contributed by atoms with Crippen molar-refractivity contribution < 1.29 is 43.9 Å². The number of aromatic amines is 1. The Bertz CT molecular complexity index is 646. The maximum absolute atomic E-state index is 11.7. The van der Waals surface area contributed by atoms with Gasteiger partial charge in [0.05, 0.1) is 0 Å². The molecule has 1 aromatic heterocycles. The number of fused-ring (bicyclic) bond motifs is 1. The van der Waals surface area contributed by atoms with Gasteiger partial charge in [-0.3, -0.25) is 0 Å². The summed E-state index contributed by atoms with van der Waals surface area (Å²) in [7, 11) is 0. The molecule has 0 unspecified atom stereocenters. The van der Waals surface area contributed by atoms with Crippen LogP contribution in [-0.2, 0) is 16.0 Å². The van der Waals surface area contributed by atoms with Gasteiger partial charge in [0.1, 0.15) is 5.60 Å². The monoisotopic (exact) mass is 310 g/mol. The fourth-order valence-corrected chi connectivity index (χ4v) is 2.09. The van der Waals surface area contributed by atoms with Gasteiger partial charge >= 0.3 is 35.7 Å². The molecule has 1 aromatic carbocycles. The Morgan fingerprint density at radius 1 is 1.36 bits per heavy atom. The van der Waals surface area contributed by atoms with Gasteiger partial charge in [0.15, 0.2) is 0 Å². The number of alkyl carbamates (subject to hydrolysis) is 1. The molecule has 1 atom stereocenters. The topological polar surface area (TPSA) is 71.2 Å². The molecule has 1 amide bonds. The summed E-state index contributed by atoms with van der Waals surface area (Å²) in [4.78, 5) is 25.9. The van der Waals surface area contributed by atoms with Gasteiger partial charge in [-0.25, -0.2) is 11.1 Å². The molecule has 0 radical (unpaired) electrons. The maximum atomic E-state index is 11.7. The molecule has 0 saturated heterocycles. The van der Waals surface area contributed by atoms with Crippen molar-refractivity contribution in [1.29, 1.82) is 0 Å². The molecule has 0 aliphatic rings. The summed E-state index contributed by atoms with van der Waals surface area (Å²) in [6, 6.07) is 7.06. The molecule has 22 heavy (non-hydrogen) atoms. The second kappa shape index (κ2) is 7.81. The number of benzene rings is 1. The van der Waals surface area contributed by atoms with E-state index in [9.17, 15) is 9.59 Å². The SMILES string of the molecule is CC(C)(C)OC(=O)N[C@H]([C-]=O)Cc1c[nH]c2ccccc12.[Na+]. The molecule has 0 aliphatic heterocycles. The van der Waals surface area contributed by atoms with E-state index in [1.807, 2.05) is 36.7 Å². The molecule has 5 nitrogen and oxygen atoms in total. The van der Waals surface area contributed by atoms with Gasteiger partial charge in [0.2, 0.25) is 0 Å². The summed E-state index contributed by atoms with van der Waals surface area (Å²) in [6.07, 6.45) is 3.44. The van der Waals surface area contributed by atoms with Crippen molar-refractivity contribution in [2.75, 3.05) is 0 Å². The van der Waals surface area contributed by atoms with Crippen molar-refractivity contribution in [2.24, 2.45) is 0 Å². The van der Waals surface area contributed by atoms with Crippen LogP contribution >= 0.6 is 0 Å². The predicted molar refractivity (Wildman–Crippen MR) is 80.9 cm³/mol. The first-order chi connectivity index (χ1) is 9.89. The third-order valence-corrected chi connectivity index (χ3v) is 2.93. The van der Waals surface area contributed by atoms with Gasteiger partial charge in [-0.2, -0.15) is 0 Å². The normalized spacial score (nSPS) is 12.3. The van der Waals surface area contributed by atoms with Crippen LogP contribution in [0.15, 0.2) is 30.5 Å². The van der Waals surface area contributed by atoms with Gasteiger partial charge in [-0.1, -0.05) is 24.2 Å². The minimum absolute atomic E-state index is 0. The van der Waals surface area contributed by atoms with Crippen molar-refractivity contribution in [3.05, 3.63) is 36.0 Å². The Morgan fingerprint density at radius 3 is 2.68 bits per heavy atom. The van der Waals surface area contributed by atoms with Gasteiger partial charge in [0.25, 0.3) is 0 Å². The van der Waals surface area contributed by atoms with Gasteiger partial charge in [-0.05, 0) is 38.8 Å².